The fraction of sp³-hybridized carbons (Fsp3) is 0.200. The molecule has 1 aliphatic heterocycles. The van der Waals surface area contributed by atoms with E-state index in [0.29, 0.717) is 11.3 Å². The van der Waals surface area contributed by atoms with E-state index in [1.165, 1.54) is 12.3 Å². The molecule has 24 heavy (non-hydrogen) atoms. The fourth-order valence-electron chi connectivity index (χ4n) is 2.06. The van der Waals surface area contributed by atoms with E-state index in [9.17, 15) is 17.6 Å². The topological polar surface area (TPSA) is 52.9 Å². The molecule has 1 aromatic carbocycles. The molecular weight excluding hydrogens is 332 g/mol. The molecule has 5 nitrogen and oxygen atoms in total. The van der Waals surface area contributed by atoms with Crippen LogP contribution in [0.1, 0.15) is 18.1 Å². The van der Waals surface area contributed by atoms with Gasteiger partial charge in [-0.25, -0.2) is 4.39 Å². The summed E-state index contributed by atoms with van der Waals surface area (Å²) >= 11 is 0. The first-order chi connectivity index (χ1) is 11.4. The summed E-state index contributed by atoms with van der Waals surface area (Å²) in [4.78, 5) is 9.01. The Bertz CT molecular complexity index is 750. The number of rotatable bonds is 3. The largest absolute Gasteiger partial charge is 0.573 e. The molecule has 3 rings (SSSR count). The van der Waals surface area contributed by atoms with Gasteiger partial charge in [0.25, 0.3) is 0 Å². The normalized spacial score (nSPS) is 17.2. The van der Waals surface area contributed by atoms with Gasteiger partial charge in [-0.15, -0.1) is 13.2 Å². The molecule has 0 radical (unpaired) electrons. The second-order valence-electron chi connectivity index (χ2n) is 4.81. The zero-order valence-corrected chi connectivity index (χ0v) is 12.0. The minimum Gasteiger partial charge on any atom is -0.438 e. The number of nitrogens with zero attached hydrogens (tertiary/aromatic N) is 2. The highest BCUT2D eigenvalue weighted by Gasteiger charge is 2.33. The molecule has 0 aliphatic carbocycles. The first-order valence-electron chi connectivity index (χ1n) is 6.76. The third kappa shape index (κ3) is 3.92. The number of hydrogen-bond acceptors (Lipinski definition) is 5. The lowest BCUT2D eigenvalue weighted by Crippen LogP contribution is -2.18. The maximum absolute atomic E-state index is 13.7. The standard InChI is InChI=1S/C15H10F4N2O3/c16-11-6-9(3-4-12(11)23-15(17,18)19)13-7-14(21-24-13)22-10-2-1-5-20-8-10/h1-6,8,13H,7H2/t13-/m0/s1. The summed E-state index contributed by atoms with van der Waals surface area (Å²) in [7, 11) is 0. The predicted molar refractivity (Wildman–Crippen MR) is 73.8 cm³/mol. The maximum Gasteiger partial charge on any atom is 0.573 e. The summed E-state index contributed by atoms with van der Waals surface area (Å²) in [6.45, 7) is 0. The van der Waals surface area contributed by atoms with E-state index in [-0.39, 0.29) is 12.3 Å². The van der Waals surface area contributed by atoms with Crippen molar-refractivity contribution in [1.82, 2.24) is 4.98 Å². The Balaban J connectivity index is 1.65. The molecule has 1 atom stereocenters. The van der Waals surface area contributed by atoms with Crippen molar-refractivity contribution in [2.75, 3.05) is 0 Å². The summed E-state index contributed by atoms with van der Waals surface area (Å²) in [6.07, 6.45) is -2.35. The highest BCUT2D eigenvalue weighted by Crippen LogP contribution is 2.32. The van der Waals surface area contributed by atoms with Crippen LogP contribution in [0.25, 0.3) is 0 Å². The minimum absolute atomic E-state index is 0.202. The maximum atomic E-state index is 13.7. The van der Waals surface area contributed by atoms with Crippen molar-refractivity contribution in [2.24, 2.45) is 5.16 Å². The SMILES string of the molecule is Fc1cc([C@@H]2CC(Oc3cccnc3)=NO2)ccc1OC(F)(F)F. The Morgan fingerprint density at radius 3 is 2.71 bits per heavy atom. The molecule has 0 unspecified atom stereocenters. The van der Waals surface area contributed by atoms with Crippen molar-refractivity contribution in [2.45, 2.75) is 18.9 Å². The fourth-order valence-corrected chi connectivity index (χ4v) is 2.06. The second kappa shape index (κ2) is 6.34. The number of oxime groups is 1. The van der Waals surface area contributed by atoms with Gasteiger partial charge in [-0.05, 0) is 29.8 Å². The van der Waals surface area contributed by atoms with Gasteiger partial charge in [0.05, 0.1) is 12.6 Å². The molecule has 126 valence electrons. The molecule has 0 fully saturated rings. The van der Waals surface area contributed by atoms with Gasteiger partial charge in [-0.1, -0.05) is 11.2 Å². The highest BCUT2D eigenvalue weighted by molar-refractivity contribution is 5.79. The monoisotopic (exact) mass is 342 g/mol. The molecule has 0 N–H and O–H groups in total. The van der Waals surface area contributed by atoms with Gasteiger partial charge >= 0.3 is 6.36 Å². The van der Waals surface area contributed by atoms with Crippen LogP contribution in [0.15, 0.2) is 47.9 Å². The Morgan fingerprint density at radius 2 is 2.04 bits per heavy atom. The Labute approximate surface area is 133 Å². The van der Waals surface area contributed by atoms with Crippen molar-refractivity contribution in [3.8, 4) is 11.5 Å². The van der Waals surface area contributed by atoms with Crippen molar-refractivity contribution in [3.05, 3.63) is 54.1 Å². The zero-order valence-electron chi connectivity index (χ0n) is 12.0. The number of aromatic nitrogens is 1. The lowest BCUT2D eigenvalue weighted by Gasteiger charge is -2.12. The van der Waals surface area contributed by atoms with E-state index < -0.39 is 24.0 Å². The van der Waals surface area contributed by atoms with Crippen LogP contribution < -0.4 is 9.47 Å². The first kappa shape index (κ1) is 16.0. The third-order valence-electron chi connectivity index (χ3n) is 3.07. The van der Waals surface area contributed by atoms with Crippen LogP contribution in [-0.2, 0) is 4.84 Å². The van der Waals surface area contributed by atoms with Crippen LogP contribution in [0.5, 0.6) is 11.5 Å². The van der Waals surface area contributed by atoms with E-state index in [2.05, 4.69) is 14.9 Å². The van der Waals surface area contributed by atoms with Crippen LogP contribution in [0.2, 0.25) is 0 Å². The zero-order chi connectivity index (χ0) is 17.2. The Hall–Kier alpha value is -2.84. The Morgan fingerprint density at radius 1 is 1.21 bits per heavy atom. The summed E-state index contributed by atoms with van der Waals surface area (Å²) in [5.74, 6) is -1.34. The number of hydrogen-bond donors (Lipinski definition) is 0. The van der Waals surface area contributed by atoms with E-state index in [1.54, 1.807) is 18.3 Å². The average molecular weight is 342 g/mol. The highest BCUT2D eigenvalue weighted by atomic mass is 19.4. The molecule has 0 bridgehead atoms. The van der Waals surface area contributed by atoms with Crippen LogP contribution in [0.3, 0.4) is 0 Å². The van der Waals surface area contributed by atoms with Crippen molar-refractivity contribution in [1.29, 1.82) is 0 Å². The van der Waals surface area contributed by atoms with Gasteiger partial charge in [0.2, 0.25) is 5.90 Å². The number of alkyl halides is 3. The molecule has 0 saturated heterocycles. The molecular formula is C15H10F4N2O3. The van der Waals surface area contributed by atoms with E-state index in [1.807, 2.05) is 0 Å². The van der Waals surface area contributed by atoms with Gasteiger partial charge in [0, 0.05) is 6.20 Å². The van der Waals surface area contributed by atoms with Crippen molar-refractivity contribution >= 4 is 5.90 Å². The molecule has 0 spiro atoms. The number of ether oxygens (including phenoxy) is 2. The minimum atomic E-state index is -4.96. The summed E-state index contributed by atoms with van der Waals surface area (Å²) < 4.78 is 59.1. The van der Waals surface area contributed by atoms with Crippen LogP contribution in [0.4, 0.5) is 17.6 Å². The molecule has 1 aliphatic rings. The molecule has 1 aromatic heterocycles. The van der Waals surface area contributed by atoms with Crippen molar-refractivity contribution in [3.63, 3.8) is 0 Å². The lowest BCUT2D eigenvalue weighted by atomic mass is 10.1. The summed E-state index contributed by atoms with van der Waals surface area (Å²) in [6, 6.07) is 6.43. The van der Waals surface area contributed by atoms with E-state index in [0.717, 1.165) is 12.1 Å². The number of benzene rings is 1. The van der Waals surface area contributed by atoms with Crippen LogP contribution >= 0.6 is 0 Å². The molecule has 9 heteroatoms. The molecule has 2 aromatic rings. The number of pyridine rings is 1. The smallest absolute Gasteiger partial charge is 0.438 e. The van der Waals surface area contributed by atoms with E-state index >= 15 is 0 Å². The first-order valence-corrected chi connectivity index (χ1v) is 6.76. The van der Waals surface area contributed by atoms with Gasteiger partial charge in [0.1, 0.15) is 5.75 Å². The molecule has 2 heterocycles. The van der Waals surface area contributed by atoms with Gasteiger partial charge in [-0.3, -0.25) is 4.98 Å². The predicted octanol–water partition coefficient (Wildman–Crippen LogP) is 3.97. The summed E-state index contributed by atoms with van der Waals surface area (Å²) in [5.41, 5.74) is 0.315. The van der Waals surface area contributed by atoms with Gasteiger partial charge in [0.15, 0.2) is 17.7 Å². The lowest BCUT2D eigenvalue weighted by molar-refractivity contribution is -0.275. The van der Waals surface area contributed by atoms with Crippen LogP contribution in [0, 0.1) is 5.82 Å². The Kier molecular flexibility index (Phi) is 4.24. The third-order valence-corrected chi connectivity index (χ3v) is 3.07. The van der Waals surface area contributed by atoms with Gasteiger partial charge < -0.3 is 14.3 Å². The van der Waals surface area contributed by atoms with Gasteiger partial charge in [-0.2, -0.15) is 0 Å². The second-order valence-corrected chi connectivity index (χ2v) is 4.81. The van der Waals surface area contributed by atoms with Crippen molar-refractivity contribution < 1.29 is 31.9 Å². The molecule has 0 amide bonds. The summed E-state index contributed by atoms with van der Waals surface area (Å²) in [5, 5.41) is 3.73. The number of halogens is 4. The van der Waals surface area contributed by atoms with E-state index in [4.69, 9.17) is 9.57 Å². The average Bonchev–Trinajstić information content (AvgIpc) is 2.97. The van der Waals surface area contributed by atoms with Crippen LogP contribution in [-0.4, -0.2) is 17.2 Å². The molecule has 0 saturated carbocycles. The quantitative estimate of drug-likeness (QED) is 0.792.